The highest BCUT2D eigenvalue weighted by molar-refractivity contribution is 8.00. The van der Waals surface area contributed by atoms with E-state index in [0.29, 0.717) is 22.9 Å². The number of nitrogens with one attached hydrogen (secondary N) is 1. The molecule has 6 nitrogen and oxygen atoms in total. The first-order chi connectivity index (χ1) is 12.6. The Morgan fingerprint density at radius 1 is 1.31 bits per heavy atom. The number of thiazole rings is 1. The summed E-state index contributed by atoms with van der Waals surface area (Å²) in [5, 5.41) is 9.46. The van der Waals surface area contributed by atoms with Gasteiger partial charge in [-0.25, -0.2) is 4.98 Å². The highest BCUT2D eigenvalue weighted by Crippen LogP contribution is 2.33. The molecule has 0 atom stereocenters. The van der Waals surface area contributed by atoms with Gasteiger partial charge < -0.3 is 14.3 Å². The van der Waals surface area contributed by atoms with E-state index in [4.69, 9.17) is 8.94 Å². The molecular weight excluding hydrogens is 370 g/mol. The van der Waals surface area contributed by atoms with Gasteiger partial charge in [-0.05, 0) is 19.9 Å². The van der Waals surface area contributed by atoms with Gasteiger partial charge in [0.05, 0.1) is 0 Å². The van der Waals surface area contributed by atoms with Gasteiger partial charge in [-0.3, -0.25) is 4.79 Å². The number of benzene rings is 1. The van der Waals surface area contributed by atoms with E-state index in [2.05, 4.69) is 15.5 Å². The van der Waals surface area contributed by atoms with Crippen LogP contribution in [0.2, 0.25) is 0 Å². The van der Waals surface area contributed by atoms with E-state index in [1.165, 1.54) is 0 Å². The molecule has 0 bridgehead atoms. The number of hydrogen-bond donors (Lipinski definition) is 1. The van der Waals surface area contributed by atoms with Crippen LogP contribution in [0.15, 0.2) is 49.0 Å². The number of aryl methyl sites for hydroxylation is 2. The number of carbonyl (C=O) groups excluding carboxylic acids is 1. The fourth-order valence-corrected chi connectivity index (χ4v) is 4.43. The molecule has 0 saturated carbocycles. The molecule has 0 unspecified atom stereocenters. The second kappa shape index (κ2) is 6.97. The number of thioether (sulfide) groups is 1. The van der Waals surface area contributed by atoms with Crippen LogP contribution >= 0.6 is 23.1 Å². The molecule has 132 valence electrons. The Kier molecular flexibility index (Phi) is 4.52. The molecule has 0 radical (unpaired) electrons. The fourth-order valence-electron chi connectivity index (χ4n) is 2.56. The monoisotopic (exact) mass is 385 g/mol. The van der Waals surface area contributed by atoms with Crippen LogP contribution in [-0.4, -0.2) is 16.0 Å². The molecule has 4 rings (SSSR count). The quantitative estimate of drug-likeness (QED) is 0.485. The van der Waals surface area contributed by atoms with Crippen molar-refractivity contribution < 1.29 is 13.7 Å². The van der Waals surface area contributed by atoms with Crippen LogP contribution in [0.25, 0.3) is 11.0 Å². The average Bonchev–Trinajstić information content (AvgIpc) is 3.32. The third-order valence-corrected chi connectivity index (χ3v) is 5.88. The number of anilines is 1. The standard InChI is InChI=1S/C18H15N3O3S2/c1-10-8-25-18(19-10)26-9-13-12-5-3-4-6-14(12)23-16(13)17(22)20-15-7-11(2)24-21-15/h3-8H,9H2,1-2H3,(H,20,21,22). The van der Waals surface area contributed by atoms with Gasteiger partial charge in [0.1, 0.15) is 15.7 Å². The van der Waals surface area contributed by atoms with Gasteiger partial charge in [0.2, 0.25) is 0 Å². The molecule has 1 N–H and O–H groups in total. The van der Waals surface area contributed by atoms with Crippen LogP contribution in [0.3, 0.4) is 0 Å². The van der Waals surface area contributed by atoms with Crippen LogP contribution in [0.5, 0.6) is 0 Å². The number of carbonyl (C=O) groups is 1. The molecule has 3 aromatic heterocycles. The Bertz CT molecular complexity index is 1080. The highest BCUT2D eigenvalue weighted by Gasteiger charge is 2.22. The molecule has 0 fully saturated rings. The summed E-state index contributed by atoms with van der Waals surface area (Å²) in [4.78, 5) is 17.2. The number of amides is 1. The second-order valence-electron chi connectivity index (χ2n) is 5.73. The van der Waals surface area contributed by atoms with Crippen LogP contribution in [0.4, 0.5) is 5.82 Å². The summed E-state index contributed by atoms with van der Waals surface area (Å²) in [7, 11) is 0. The van der Waals surface area contributed by atoms with Gasteiger partial charge in [0, 0.05) is 33.8 Å². The van der Waals surface area contributed by atoms with Crippen molar-refractivity contribution in [3.05, 3.63) is 58.5 Å². The lowest BCUT2D eigenvalue weighted by atomic mass is 10.1. The molecular formula is C18H15N3O3S2. The summed E-state index contributed by atoms with van der Waals surface area (Å²) in [6.07, 6.45) is 0. The van der Waals surface area contributed by atoms with Gasteiger partial charge in [-0.2, -0.15) is 0 Å². The maximum atomic E-state index is 12.7. The summed E-state index contributed by atoms with van der Waals surface area (Å²) < 4.78 is 11.8. The minimum Gasteiger partial charge on any atom is -0.451 e. The Morgan fingerprint density at radius 2 is 2.15 bits per heavy atom. The number of aromatic nitrogens is 2. The molecule has 0 aliphatic carbocycles. The molecule has 3 heterocycles. The molecule has 26 heavy (non-hydrogen) atoms. The lowest BCUT2D eigenvalue weighted by Gasteiger charge is -2.02. The number of rotatable bonds is 5. The van der Waals surface area contributed by atoms with E-state index in [-0.39, 0.29) is 11.7 Å². The van der Waals surface area contributed by atoms with Crippen molar-refractivity contribution in [3.63, 3.8) is 0 Å². The maximum Gasteiger partial charge on any atom is 0.292 e. The molecule has 4 aromatic rings. The summed E-state index contributed by atoms with van der Waals surface area (Å²) in [5.41, 5.74) is 2.52. The predicted molar refractivity (Wildman–Crippen MR) is 102 cm³/mol. The molecule has 0 spiro atoms. The van der Waals surface area contributed by atoms with E-state index in [1.807, 2.05) is 36.6 Å². The zero-order valence-electron chi connectivity index (χ0n) is 14.1. The first kappa shape index (κ1) is 16.9. The van der Waals surface area contributed by atoms with Crippen molar-refractivity contribution in [1.29, 1.82) is 0 Å². The SMILES string of the molecule is Cc1csc(SCc2c(C(=O)Nc3cc(C)on3)oc3ccccc23)n1. The van der Waals surface area contributed by atoms with Crippen LogP contribution in [0.1, 0.15) is 27.6 Å². The summed E-state index contributed by atoms with van der Waals surface area (Å²) >= 11 is 3.18. The number of hydrogen-bond acceptors (Lipinski definition) is 7. The van der Waals surface area contributed by atoms with E-state index in [1.54, 1.807) is 36.1 Å². The number of fused-ring (bicyclic) bond motifs is 1. The lowest BCUT2D eigenvalue weighted by molar-refractivity contribution is 0.0997. The van der Waals surface area contributed by atoms with Gasteiger partial charge >= 0.3 is 0 Å². The average molecular weight is 385 g/mol. The zero-order chi connectivity index (χ0) is 18.1. The van der Waals surface area contributed by atoms with Crippen LogP contribution < -0.4 is 5.32 Å². The summed E-state index contributed by atoms with van der Waals surface area (Å²) in [5.74, 6) is 1.51. The number of furan rings is 1. The van der Waals surface area contributed by atoms with Crippen molar-refractivity contribution >= 4 is 45.8 Å². The molecule has 0 aliphatic rings. The van der Waals surface area contributed by atoms with Crippen molar-refractivity contribution in [2.75, 3.05) is 5.32 Å². The maximum absolute atomic E-state index is 12.7. The Hall–Kier alpha value is -2.58. The third-order valence-electron chi connectivity index (χ3n) is 3.71. The largest absolute Gasteiger partial charge is 0.451 e. The van der Waals surface area contributed by atoms with Crippen LogP contribution in [0, 0.1) is 13.8 Å². The van der Waals surface area contributed by atoms with E-state index >= 15 is 0 Å². The van der Waals surface area contributed by atoms with E-state index in [0.717, 1.165) is 21.0 Å². The highest BCUT2D eigenvalue weighted by atomic mass is 32.2. The Balaban J connectivity index is 1.65. The summed E-state index contributed by atoms with van der Waals surface area (Å²) in [6.45, 7) is 3.73. The first-order valence-corrected chi connectivity index (χ1v) is 9.76. The summed E-state index contributed by atoms with van der Waals surface area (Å²) in [6, 6.07) is 9.29. The van der Waals surface area contributed by atoms with Gasteiger partial charge in [-0.15, -0.1) is 11.3 Å². The minimum atomic E-state index is -0.347. The number of nitrogens with zero attached hydrogens (tertiary/aromatic N) is 2. The molecule has 0 aliphatic heterocycles. The molecule has 0 saturated heterocycles. The first-order valence-electron chi connectivity index (χ1n) is 7.90. The normalized spacial score (nSPS) is 11.2. The lowest BCUT2D eigenvalue weighted by Crippen LogP contribution is -2.13. The van der Waals surface area contributed by atoms with Crippen molar-refractivity contribution in [2.45, 2.75) is 23.9 Å². The third kappa shape index (κ3) is 3.38. The minimum absolute atomic E-state index is 0.285. The zero-order valence-corrected chi connectivity index (χ0v) is 15.7. The smallest absolute Gasteiger partial charge is 0.292 e. The van der Waals surface area contributed by atoms with Gasteiger partial charge in [-0.1, -0.05) is 35.1 Å². The van der Waals surface area contributed by atoms with Crippen LogP contribution in [-0.2, 0) is 5.75 Å². The Labute approximate surface area is 157 Å². The predicted octanol–water partition coefficient (Wildman–Crippen LogP) is 5.04. The second-order valence-corrected chi connectivity index (χ2v) is 7.81. The van der Waals surface area contributed by atoms with Crippen molar-refractivity contribution in [3.8, 4) is 0 Å². The molecule has 8 heteroatoms. The Morgan fingerprint density at radius 3 is 2.88 bits per heavy atom. The molecule has 1 amide bonds. The topological polar surface area (TPSA) is 81.2 Å². The molecule has 1 aromatic carbocycles. The fraction of sp³-hybridized carbons (Fsp3) is 0.167. The number of para-hydroxylation sites is 1. The van der Waals surface area contributed by atoms with Gasteiger partial charge in [0.15, 0.2) is 11.6 Å². The van der Waals surface area contributed by atoms with Crippen molar-refractivity contribution in [1.82, 2.24) is 10.1 Å². The van der Waals surface area contributed by atoms with E-state index in [9.17, 15) is 4.79 Å². The van der Waals surface area contributed by atoms with E-state index < -0.39 is 0 Å². The van der Waals surface area contributed by atoms with Crippen molar-refractivity contribution in [2.24, 2.45) is 0 Å². The van der Waals surface area contributed by atoms with Gasteiger partial charge in [0.25, 0.3) is 5.91 Å².